The van der Waals surface area contributed by atoms with E-state index in [1.54, 1.807) is 12.4 Å². The van der Waals surface area contributed by atoms with Crippen LogP contribution in [0.3, 0.4) is 0 Å². The van der Waals surface area contributed by atoms with Crippen molar-refractivity contribution in [1.29, 1.82) is 0 Å². The van der Waals surface area contributed by atoms with Crippen molar-refractivity contribution in [2.45, 2.75) is 39.0 Å². The van der Waals surface area contributed by atoms with Crippen LogP contribution in [0.15, 0.2) is 5.51 Å². The van der Waals surface area contributed by atoms with E-state index < -0.39 is 0 Å². The first-order valence-electron chi connectivity index (χ1n) is 6.65. The molecule has 0 aliphatic heterocycles. The topological polar surface area (TPSA) is 51.2 Å². The lowest BCUT2D eigenvalue weighted by atomic mass is 9.89. The van der Waals surface area contributed by atoms with Gasteiger partial charge in [-0.3, -0.25) is 0 Å². The largest absolute Gasteiger partial charge is 0.461 e. The third kappa shape index (κ3) is 3.45. The number of carbonyl (C=O) groups is 1. The van der Waals surface area contributed by atoms with Crippen LogP contribution in [-0.2, 0) is 4.74 Å². The second-order valence-electron chi connectivity index (χ2n) is 4.64. The summed E-state index contributed by atoms with van der Waals surface area (Å²) >= 11 is 1.47. The van der Waals surface area contributed by atoms with Gasteiger partial charge in [0.05, 0.1) is 12.1 Å². The summed E-state index contributed by atoms with van der Waals surface area (Å²) in [6.07, 6.45) is 6.62. The molecule has 1 saturated carbocycles. The molecule has 100 valence electrons. The Hall–Kier alpha value is -1.10. The van der Waals surface area contributed by atoms with Gasteiger partial charge < -0.3 is 10.1 Å². The Morgan fingerprint density at radius 1 is 1.50 bits per heavy atom. The third-order valence-corrected chi connectivity index (χ3v) is 4.10. The zero-order chi connectivity index (χ0) is 12.8. The van der Waals surface area contributed by atoms with Gasteiger partial charge in [0, 0.05) is 6.54 Å². The number of hydrogen-bond acceptors (Lipinski definition) is 5. The molecule has 18 heavy (non-hydrogen) atoms. The van der Waals surface area contributed by atoms with Crippen LogP contribution in [0, 0.1) is 5.92 Å². The minimum Gasteiger partial charge on any atom is -0.461 e. The lowest BCUT2D eigenvalue weighted by Crippen LogP contribution is -2.18. The van der Waals surface area contributed by atoms with Crippen LogP contribution in [0.2, 0.25) is 0 Å². The Bertz CT molecular complexity index is 386. The van der Waals surface area contributed by atoms with Gasteiger partial charge >= 0.3 is 5.97 Å². The maximum Gasteiger partial charge on any atom is 0.360 e. The number of hydrogen-bond donors (Lipinski definition) is 1. The smallest absolute Gasteiger partial charge is 0.360 e. The summed E-state index contributed by atoms with van der Waals surface area (Å²) in [5.74, 6) is 0.404. The number of anilines is 1. The van der Waals surface area contributed by atoms with Crippen molar-refractivity contribution in [1.82, 2.24) is 4.98 Å². The Kier molecular flexibility index (Phi) is 4.99. The first-order chi connectivity index (χ1) is 8.81. The van der Waals surface area contributed by atoms with Crippen LogP contribution in [0.5, 0.6) is 0 Å². The summed E-state index contributed by atoms with van der Waals surface area (Å²) < 4.78 is 4.98. The van der Waals surface area contributed by atoms with Gasteiger partial charge in [0.25, 0.3) is 0 Å². The third-order valence-electron chi connectivity index (χ3n) is 3.31. The van der Waals surface area contributed by atoms with Crippen molar-refractivity contribution in [3.63, 3.8) is 0 Å². The lowest BCUT2D eigenvalue weighted by Gasteiger charge is -2.21. The maximum absolute atomic E-state index is 11.7. The van der Waals surface area contributed by atoms with E-state index in [-0.39, 0.29) is 5.97 Å². The molecule has 0 bridgehead atoms. The minimum absolute atomic E-state index is 0.329. The zero-order valence-electron chi connectivity index (χ0n) is 10.8. The van der Waals surface area contributed by atoms with E-state index in [1.807, 2.05) is 0 Å². The fourth-order valence-electron chi connectivity index (χ4n) is 2.34. The molecule has 0 saturated heterocycles. The highest BCUT2D eigenvalue weighted by Gasteiger charge is 2.18. The van der Waals surface area contributed by atoms with Crippen LogP contribution < -0.4 is 5.32 Å². The molecule has 1 aliphatic carbocycles. The number of ether oxygens (including phenoxy) is 1. The van der Waals surface area contributed by atoms with E-state index in [0.717, 1.165) is 17.5 Å². The van der Waals surface area contributed by atoms with Crippen molar-refractivity contribution in [2.75, 3.05) is 18.5 Å². The van der Waals surface area contributed by atoms with Gasteiger partial charge in [-0.2, -0.15) is 0 Å². The summed E-state index contributed by atoms with van der Waals surface area (Å²) in [4.78, 5) is 15.7. The number of nitrogens with zero attached hydrogens (tertiary/aromatic N) is 1. The van der Waals surface area contributed by atoms with Crippen LogP contribution in [0.25, 0.3) is 0 Å². The molecule has 4 nitrogen and oxygen atoms in total. The molecule has 1 aromatic heterocycles. The Morgan fingerprint density at radius 3 is 3.00 bits per heavy atom. The van der Waals surface area contributed by atoms with Crippen LogP contribution >= 0.6 is 11.3 Å². The average molecular weight is 268 g/mol. The van der Waals surface area contributed by atoms with Gasteiger partial charge in [-0.1, -0.05) is 19.3 Å². The van der Waals surface area contributed by atoms with Crippen molar-refractivity contribution in [3.8, 4) is 0 Å². The molecular weight excluding hydrogens is 248 g/mol. The van der Waals surface area contributed by atoms with Crippen molar-refractivity contribution < 1.29 is 9.53 Å². The maximum atomic E-state index is 11.7. The number of nitrogens with one attached hydrogen (secondary N) is 1. The Labute approximate surface area is 112 Å². The second kappa shape index (κ2) is 6.73. The molecule has 1 heterocycles. The molecule has 0 amide bonds. The summed E-state index contributed by atoms with van der Waals surface area (Å²) in [5, 5.41) is 4.20. The van der Waals surface area contributed by atoms with E-state index in [2.05, 4.69) is 10.3 Å². The number of thiazole rings is 1. The van der Waals surface area contributed by atoms with Crippen molar-refractivity contribution in [3.05, 3.63) is 11.2 Å². The number of esters is 1. The fraction of sp³-hybridized carbons (Fsp3) is 0.692. The normalized spacial score (nSPS) is 16.5. The molecule has 1 fully saturated rings. The summed E-state index contributed by atoms with van der Waals surface area (Å²) in [6, 6.07) is 0. The summed E-state index contributed by atoms with van der Waals surface area (Å²) in [7, 11) is 0. The molecule has 0 aromatic carbocycles. The molecule has 1 aromatic rings. The van der Waals surface area contributed by atoms with Gasteiger partial charge in [0.15, 0.2) is 5.69 Å². The molecule has 0 unspecified atom stereocenters. The highest BCUT2D eigenvalue weighted by atomic mass is 32.1. The number of carbonyl (C=O) groups excluding carboxylic acids is 1. The second-order valence-corrected chi connectivity index (χ2v) is 5.49. The van der Waals surface area contributed by atoms with E-state index in [9.17, 15) is 4.79 Å². The van der Waals surface area contributed by atoms with Gasteiger partial charge in [0.2, 0.25) is 0 Å². The first-order valence-corrected chi connectivity index (χ1v) is 7.53. The molecule has 5 heteroatoms. The zero-order valence-corrected chi connectivity index (χ0v) is 11.6. The molecule has 0 spiro atoms. The predicted molar refractivity (Wildman–Crippen MR) is 73.1 cm³/mol. The van der Waals surface area contributed by atoms with Gasteiger partial charge in [-0.05, 0) is 25.7 Å². The Morgan fingerprint density at radius 2 is 2.28 bits per heavy atom. The van der Waals surface area contributed by atoms with Crippen LogP contribution in [0.4, 0.5) is 5.00 Å². The van der Waals surface area contributed by atoms with Crippen molar-refractivity contribution in [2.24, 2.45) is 5.92 Å². The van der Waals surface area contributed by atoms with Crippen LogP contribution in [-0.4, -0.2) is 24.1 Å². The highest BCUT2D eigenvalue weighted by molar-refractivity contribution is 7.14. The van der Waals surface area contributed by atoms with Gasteiger partial charge in [-0.25, -0.2) is 9.78 Å². The highest BCUT2D eigenvalue weighted by Crippen LogP contribution is 2.26. The average Bonchev–Trinajstić information content (AvgIpc) is 2.86. The van der Waals surface area contributed by atoms with E-state index >= 15 is 0 Å². The van der Waals surface area contributed by atoms with Gasteiger partial charge in [-0.15, -0.1) is 11.3 Å². The van der Waals surface area contributed by atoms with E-state index in [4.69, 9.17) is 4.74 Å². The monoisotopic (exact) mass is 268 g/mol. The molecule has 0 radical (unpaired) electrons. The molecule has 2 rings (SSSR count). The first kappa shape index (κ1) is 13.3. The fourth-order valence-corrected chi connectivity index (χ4v) is 3.02. The summed E-state index contributed by atoms with van der Waals surface area (Å²) in [5.41, 5.74) is 2.12. The van der Waals surface area contributed by atoms with Crippen LogP contribution in [0.1, 0.15) is 49.5 Å². The number of rotatable bonds is 5. The van der Waals surface area contributed by atoms with Crippen molar-refractivity contribution >= 4 is 22.3 Å². The Balaban J connectivity index is 1.88. The number of aromatic nitrogens is 1. The predicted octanol–water partition coefficient (Wildman–Crippen LogP) is 3.31. The molecular formula is C13H20N2O2S. The van der Waals surface area contributed by atoms with Gasteiger partial charge in [0.1, 0.15) is 5.00 Å². The molecule has 1 N–H and O–H groups in total. The summed E-state index contributed by atoms with van der Waals surface area (Å²) in [6.45, 7) is 3.13. The SMILES string of the molecule is CCOC(=O)c1ncsc1NCC1CCCCC1. The quantitative estimate of drug-likeness (QED) is 0.832. The molecule has 1 aliphatic rings. The minimum atomic E-state index is -0.329. The van der Waals surface area contributed by atoms with E-state index in [0.29, 0.717) is 12.3 Å². The standard InChI is InChI=1S/C13H20N2O2S/c1-2-17-13(16)11-12(18-9-15-11)14-8-10-6-4-3-5-7-10/h9-10,14H,2-8H2,1H3. The van der Waals surface area contributed by atoms with E-state index in [1.165, 1.54) is 43.4 Å². The lowest BCUT2D eigenvalue weighted by molar-refractivity contribution is 0.0521. The molecule has 0 atom stereocenters.